The Kier molecular flexibility index (Phi) is 4.34. The van der Waals surface area contributed by atoms with Gasteiger partial charge in [0.15, 0.2) is 0 Å². The minimum atomic E-state index is -3.87. The van der Waals surface area contributed by atoms with Gasteiger partial charge in [-0.2, -0.15) is 4.31 Å². The lowest BCUT2D eigenvalue weighted by Crippen LogP contribution is -2.39. The molecular formula is C14H18FNO4S. The van der Waals surface area contributed by atoms with Crippen LogP contribution < -0.4 is 0 Å². The Morgan fingerprint density at radius 3 is 2.67 bits per heavy atom. The van der Waals surface area contributed by atoms with Gasteiger partial charge < -0.3 is 5.11 Å². The highest BCUT2D eigenvalue weighted by Crippen LogP contribution is 2.27. The Bertz CT molecular complexity index is 672. The van der Waals surface area contributed by atoms with Crippen molar-refractivity contribution in [2.45, 2.75) is 31.6 Å². The van der Waals surface area contributed by atoms with Crippen molar-refractivity contribution in [2.75, 3.05) is 13.1 Å². The highest BCUT2D eigenvalue weighted by molar-refractivity contribution is 7.89. The summed E-state index contributed by atoms with van der Waals surface area (Å²) < 4.78 is 40.4. The predicted octanol–water partition coefficient (Wildman–Crippen LogP) is 2.25. The van der Waals surface area contributed by atoms with Crippen LogP contribution in [0.1, 0.15) is 35.7 Å². The van der Waals surface area contributed by atoms with Crippen molar-refractivity contribution < 1.29 is 22.7 Å². The molecule has 0 amide bonds. The number of halogens is 1. The Labute approximate surface area is 123 Å². The minimum absolute atomic E-state index is 0.0433. The monoisotopic (exact) mass is 315 g/mol. The molecular weight excluding hydrogens is 297 g/mol. The van der Waals surface area contributed by atoms with E-state index in [0.29, 0.717) is 13.1 Å². The fourth-order valence-corrected chi connectivity index (χ4v) is 4.41. The number of sulfonamides is 1. The van der Waals surface area contributed by atoms with Crippen LogP contribution in [0.25, 0.3) is 0 Å². The molecule has 0 spiro atoms. The first-order valence-electron chi connectivity index (χ1n) is 6.77. The van der Waals surface area contributed by atoms with Crippen molar-refractivity contribution in [1.82, 2.24) is 4.31 Å². The van der Waals surface area contributed by atoms with E-state index in [0.717, 1.165) is 25.0 Å². The zero-order chi connectivity index (χ0) is 15.8. The summed E-state index contributed by atoms with van der Waals surface area (Å²) >= 11 is 0. The van der Waals surface area contributed by atoms with E-state index in [4.69, 9.17) is 5.11 Å². The summed E-state index contributed by atoms with van der Waals surface area (Å²) in [4.78, 5) is 10.7. The van der Waals surface area contributed by atoms with Gasteiger partial charge in [-0.15, -0.1) is 0 Å². The topological polar surface area (TPSA) is 74.7 Å². The summed E-state index contributed by atoms with van der Waals surface area (Å²) in [5, 5.41) is 8.97. The van der Waals surface area contributed by atoms with Crippen molar-refractivity contribution in [1.29, 1.82) is 0 Å². The number of carboxylic acid groups (broad SMARTS) is 1. The SMILES string of the molecule is Cc1c(F)cc(C(=O)O)cc1S(=O)(=O)N1CCCC(C)C1. The Balaban J connectivity index is 2.51. The quantitative estimate of drug-likeness (QED) is 0.928. The van der Waals surface area contributed by atoms with Gasteiger partial charge in [0.25, 0.3) is 0 Å². The van der Waals surface area contributed by atoms with Crippen LogP contribution in [0.15, 0.2) is 17.0 Å². The van der Waals surface area contributed by atoms with Crippen LogP contribution in [-0.2, 0) is 10.0 Å². The van der Waals surface area contributed by atoms with Gasteiger partial charge in [0.1, 0.15) is 5.82 Å². The van der Waals surface area contributed by atoms with E-state index in [1.165, 1.54) is 11.2 Å². The van der Waals surface area contributed by atoms with Crippen molar-refractivity contribution in [3.8, 4) is 0 Å². The van der Waals surface area contributed by atoms with E-state index in [9.17, 15) is 17.6 Å². The normalized spacial score (nSPS) is 20.4. The third-order valence-electron chi connectivity index (χ3n) is 3.78. The molecule has 1 unspecified atom stereocenters. The maximum Gasteiger partial charge on any atom is 0.335 e. The predicted molar refractivity (Wildman–Crippen MR) is 75.3 cm³/mol. The van der Waals surface area contributed by atoms with Crippen LogP contribution >= 0.6 is 0 Å². The van der Waals surface area contributed by atoms with Crippen LogP contribution in [0.4, 0.5) is 4.39 Å². The van der Waals surface area contributed by atoms with Gasteiger partial charge in [0, 0.05) is 18.7 Å². The maximum atomic E-state index is 13.8. The summed E-state index contributed by atoms with van der Waals surface area (Å²) in [5.74, 6) is -1.93. The molecule has 1 heterocycles. The zero-order valence-corrected chi connectivity index (χ0v) is 12.8. The molecule has 116 valence electrons. The number of piperidine rings is 1. The van der Waals surface area contributed by atoms with Crippen molar-refractivity contribution in [2.24, 2.45) is 5.92 Å². The first-order chi connectivity index (χ1) is 9.73. The van der Waals surface area contributed by atoms with E-state index in [1.54, 1.807) is 0 Å². The van der Waals surface area contributed by atoms with E-state index >= 15 is 0 Å². The fourth-order valence-electron chi connectivity index (χ4n) is 2.55. The molecule has 1 aliphatic rings. The molecule has 1 saturated heterocycles. The summed E-state index contributed by atoms with van der Waals surface area (Å²) in [7, 11) is -3.87. The van der Waals surface area contributed by atoms with Crippen LogP contribution in [0.2, 0.25) is 0 Å². The van der Waals surface area contributed by atoms with E-state index in [2.05, 4.69) is 0 Å². The highest BCUT2D eigenvalue weighted by atomic mass is 32.2. The molecule has 1 aromatic rings. The van der Waals surface area contributed by atoms with E-state index in [-0.39, 0.29) is 21.9 Å². The molecule has 0 aliphatic carbocycles. The van der Waals surface area contributed by atoms with Crippen LogP contribution in [0.3, 0.4) is 0 Å². The molecule has 2 rings (SSSR count). The van der Waals surface area contributed by atoms with E-state index in [1.807, 2.05) is 6.92 Å². The summed E-state index contributed by atoms with van der Waals surface area (Å²) in [5.41, 5.74) is -0.403. The number of benzene rings is 1. The lowest BCUT2D eigenvalue weighted by molar-refractivity contribution is 0.0696. The zero-order valence-electron chi connectivity index (χ0n) is 12.0. The molecule has 1 fully saturated rings. The van der Waals surface area contributed by atoms with Crippen molar-refractivity contribution in [3.05, 3.63) is 29.1 Å². The van der Waals surface area contributed by atoms with Crippen LogP contribution in [0, 0.1) is 18.7 Å². The number of carboxylic acids is 1. The molecule has 21 heavy (non-hydrogen) atoms. The number of nitrogens with zero attached hydrogens (tertiary/aromatic N) is 1. The Hall–Kier alpha value is -1.47. The largest absolute Gasteiger partial charge is 0.478 e. The second kappa shape index (κ2) is 5.73. The summed E-state index contributed by atoms with van der Waals surface area (Å²) in [6.45, 7) is 4.07. The molecule has 1 N–H and O–H groups in total. The molecule has 5 nitrogen and oxygen atoms in total. The van der Waals surface area contributed by atoms with E-state index < -0.39 is 21.8 Å². The molecule has 0 bridgehead atoms. The molecule has 0 aromatic heterocycles. The third kappa shape index (κ3) is 3.08. The van der Waals surface area contributed by atoms with Gasteiger partial charge >= 0.3 is 5.97 Å². The summed E-state index contributed by atoms with van der Waals surface area (Å²) in [6.07, 6.45) is 1.70. The standard InChI is InChI=1S/C14H18FNO4S/c1-9-4-3-5-16(8-9)21(19,20)13-7-11(14(17)18)6-12(15)10(13)2/h6-7,9H,3-5,8H2,1-2H3,(H,17,18). The van der Waals surface area contributed by atoms with Gasteiger partial charge in [0.05, 0.1) is 10.5 Å². The fraction of sp³-hybridized carbons (Fsp3) is 0.500. The van der Waals surface area contributed by atoms with Gasteiger partial charge in [0.2, 0.25) is 10.0 Å². The first kappa shape index (κ1) is 15.9. The van der Waals surface area contributed by atoms with Gasteiger partial charge in [-0.05, 0) is 37.8 Å². The molecule has 7 heteroatoms. The number of hydrogen-bond donors (Lipinski definition) is 1. The van der Waals surface area contributed by atoms with Crippen LogP contribution in [0.5, 0.6) is 0 Å². The molecule has 1 aromatic carbocycles. The lowest BCUT2D eigenvalue weighted by Gasteiger charge is -2.30. The Morgan fingerprint density at radius 1 is 1.43 bits per heavy atom. The number of hydrogen-bond acceptors (Lipinski definition) is 3. The molecule has 0 radical (unpaired) electrons. The van der Waals surface area contributed by atoms with Gasteiger partial charge in [-0.1, -0.05) is 6.92 Å². The average Bonchev–Trinajstić information content (AvgIpc) is 2.41. The Morgan fingerprint density at radius 2 is 2.10 bits per heavy atom. The van der Waals surface area contributed by atoms with Gasteiger partial charge in [-0.25, -0.2) is 17.6 Å². The molecule has 0 saturated carbocycles. The number of aromatic carboxylic acids is 1. The van der Waals surface area contributed by atoms with Crippen molar-refractivity contribution in [3.63, 3.8) is 0 Å². The lowest BCUT2D eigenvalue weighted by atomic mass is 10.0. The second-order valence-electron chi connectivity index (χ2n) is 5.50. The smallest absolute Gasteiger partial charge is 0.335 e. The molecule has 1 aliphatic heterocycles. The first-order valence-corrected chi connectivity index (χ1v) is 8.21. The average molecular weight is 315 g/mol. The number of rotatable bonds is 3. The minimum Gasteiger partial charge on any atom is -0.478 e. The highest BCUT2D eigenvalue weighted by Gasteiger charge is 2.31. The molecule has 1 atom stereocenters. The number of carbonyl (C=O) groups is 1. The third-order valence-corrected chi connectivity index (χ3v) is 5.77. The maximum absolute atomic E-state index is 13.8. The second-order valence-corrected chi connectivity index (χ2v) is 7.40. The summed E-state index contributed by atoms with van der Waals surface area (Å²) in [6, 6.07) is 1.88. The van der Waals surface area contributed by atoms with Crippen molar-refractivity contribution >= 4 is 16.0 Å². The van der Waals surface area contributed by atoms with Crippen LogP contribution in [-0.4, -0.2) is 36.9 Å². The van der Waals surface area contributed by atoms with Gasteiger partial charge in [-0.3, -0.25) is 0 Å².